The summed E-state index contributed by atoms with van der Waals surface area (Å²) in [6.07, 6.45) is 4.22. The second-order valence-electron chi connectivity index (χ2n) is 3.90. The van der Waals surface area contributed by atoms with E-state index in [9.17, 15) is 4.79 Å². The summed E-state index contributed by atoms with van der Waals surface area (Å²) in [5, 5.41) is 0. The molecule has 0 atom stereocenters. The highest BCUT2D eigenvalue weighted by atomic mass is 16.5. The Hall–Kier alpha value is -1.58. The molecular weight excluding hydrogens is 192 g/mol. The first-order chi connectivity index (χ1) is 7.16. The van der Waals surface area contributed by atoms with Crippen molar-refractivity contribution in [3.8, 4) is 5.75 Å². The molecule has 0 N–H and O–H groups in total. The van der Waals surface area contributed by atoms with E-state index in [-0.39, 0.29) is 5.91 Å². The first-order valence-corrected chi connectivity index (χ1v) is 5.01. The third-order valence-electron chi connectivity index (χ3n) is 2.19. The van der Waals surface area contributed by atoms with E-state index in [2.05, 4.69) is 4.98 Å². The van der Waals surface area contributed by atoms with Crippen LogP contribution in [0.25, 0.3) is 0 Å². The fraction of sp³-hybridized carbons (Fsp3) is 0.455. The average molecular weight is 206 g/mol. The molecule has 1 saturated carbocycles. The maximum Gasteiger partial charge on any atom is 0.271 e. The van der Waals surface area contributed by atoms with Crippen molar-refractivity contribution in [3.63, 3.8) is 0 Å². The minimum atomic E-state index is -0.0898. The molecule has 1 aromatic rings. The van der Waals surface area contributed by atoms with Gasteiger partial charge in [-0.05, 0) is 25.0 Å². The molecule has 4 nitrogen and oxygen atoms in total. The van der Waals surface area contributed by atoms with Gasteiger partial charge in [0.05, 0.1) is 12.3 Å². The van der Waals surface area contributed by atoms with Gasteiger partial charge in [-0.3, -0.25) is 4.79 Å². The summed E-state index contributed by atoms with van der Waals surface area (Å²) < 4.78 is 5.53. The lowest BCUT2D eigenvalue weighted by molar-refractivity contribution is 0.0822. The Morgan fingerprint density at radius 2 is 2.20 bits per heavy atom. The van der Waals surface area contributed by atoms with Crippen molar-refractivity contribution in [3.05, 3.63) is 24.0 Å². The Balaban J connectivity index is 2.05. The molecule has 1 aliphatic carbocycles. The number of carbonyl (C=O) groups excluding carboxylic acids is 1. The number of nitrogens with zero attached hydrogens (tertiary/aromatic N) is 2. The second-order valence-corrected chi connectivity index (χ2v) is 3.90. The van der Waals surface area contributed by atoms with E-state index < -0.39 is 0 Å². The number of rotatable bonds is 3. The van der Waals surface area contributed by atoms with Gasteiger partial charge >= 0.3 is 0 Å². The summed E-state index contributed by atoms with van der Waals surface area (Å²) in [6.45, 7) is 0. The highest BCUT2D eigenvalue weighted by molar-refractivity contribution is 5.91. The van der Waals surface area contributed by atoms with Crippen molar-refractivity contribution < 1.29 is 9.53 Å². The number of ether oxygens (including phenoxy) is 1. The maximum atomic E-state index is 11.5. The summed E-state index contributed by atoms with van der Waals surface area (Å²) in [4.78, 5) is 17.1. The summed E-state index contributed by atoms with van der Waals surface area (Å²) in [7, 11) is 3.41. The highest BCUT2D eigenvalue weighted by Gasteiger charge is 2.23. The summed E-state index contributed by atoms with van der Waals surface area (Å²) in [6, 6.07) is 3.49. The minimum Gasteiger partial charge on any atom is -0.489 e. The average Bonchev–Trinajstić information content (AvgIpc) is 3.02. The minimum absolute atomic E-state index is 0.0898. The second kappa shape index (κ2) is 3.88. The molecular formula is C11H14N2O2. The van der Waals surface area contributed by atoms with Gasteiger partial charge in [-0.1, -0.05) is 0 Å². The van der Waals surface area contributed by atoms with Crippen LogP contribution in [0, 0.1) is 0 Å². The molecule has 1 amide bonds. The van der Waals surface area contributed by atoms with Gasteiger partial charge in [0.2, 0.25) is 0 Å². The first kappa shape index (κ1) is 9.96. The van der Waals surface area contributed by atoms with Gasteiger partial charge in [-0.2, -0.15) is 0 Å². The van der Waals surface area contributed by atoms with Crippen molar-refractivity contribution >= 4 is 5.91 Å². The third-order valence-corrected chi connectivity index (χ3v) is 2.19. The number of hydrogen-bond acceptors (Lipinski definition) is 3. The molecule has 1 fully saturated rings. The van der Waals surface area contributed by atoms with Crippen molar-refractivity contribution in [2.75, 3.05) is 14.1 Å². The number of amides is 1. The van der Waals surface area contributed by atoms with Gasteiger partial charge in [0.25, 0.3) is 5.91 Å². The number of carbonyl (C=O) groups is 1. The van der Waals surface area contributed by atoms with E-state index in [4.69, 9.17) is 4.74 Å². The summed E-state index contributed by atoms with van der Waals surface area (Å²) >= 11 is 0. The Morgan fingerprint density at radius 1 is 1.47 bits per heavy atom. The molecule has 0 radical (unpaired) electrons. The SMILES string of the molecule is CN(C)C(=O)c1ccc(OC2CC2)cn1. The molecule has 4 heteroatoms. The number of hydrogen-bond donors (Lipinski definition) is 0. The molecule has 0 saturated heterocycles. The van der Waals surface area contributed by atoms with Crippen molar-refractivity contribution in [2.45, 2.75) is 18.9 Å². The molecule has 80 valence electrons. The Morgan fingerprint density at radius 3 is 2.67 bits per heavy atom. The highest BCUT2D eigenvalue weighted by Crippen LogP contribution is 2.26. The van der Waals surface area contributed by atoms with Gasteiger partial charge < -0.3 is 9.64 Å². The number of aromatic nitrogens is 1. The van der Waals surface area contributed by atoms with Crippen LogP contribution in [0.2, 0.25) is 0 Å². The Bertz CT molecular complexity index is 355. The molecule has 1 aliphatic rings. The monoisotopic (exact) mass is 206 g/mol. The van der Waals surface area contributed by atoms with E-state index in [1.54, 1.807) is 32.4 Å². The summed E-state index contributed by atoms with van der Waals surface area (Å²) in [5.41, 5.74) is 0.447. The van der Waals surface area contributed by atoms with Gasteiger partial charge in [-0.25, -0.2) is 4.98 Å². The predicted octanol–water partition coefficient (Wildman–Crippen LogP) is 1.32. The number of pyridine rings is 1. The third kappa shape index (κ3) is 2.46. The van der Waals surface area contributed by atoms with E-state index >= 15 is 0 Å². The zero-order valence-electron chi connectivity index (χ0n) is 8.93. The van der Waals surface area contributed by atoms with Gasteiger partial charge in [0.1, 0.15) is 11.4 Å². The zero-order chi connectivity index (χ0) is 10.8. The first-order valence-electron chi connectivity index (χ1n) is 5.01. The van der Waals surface area contributed by atoms with Crippen LogP contribution in [0.15, 0.2) is 18.3 Å². The van der Waals surface area contributed by atoms with Crippen molar-refractivity contribution in [1.82, 2.24) is 9.88 Å². The molecule has 15 heavy (non-hydrogen) atoms. The topological polar surface area (TPSA) is 42.4 Å². The predicted molar refractivity (Wildman–Crippen MR) is 55.9 cm³/mol. The van der Waals surface area contributed by atoms with E-state index in [1.165, 1.54) is 4.90 Å². The molecule has 1 heterocycles. The smallest absolute Gasteiger partial charge is 0.271 e. The van der Waals surface area contributed by atoms with Crippen LogP contribution >= 0.6 is 0 Å². The van der Waals surface area contributed by atoms with E-state index in [0.717, 1.165) is 18.6 Å². The molecule has 2 rings (SSSR count). The molecule has 0 unspecified atom stereocenters. The van der Waals surface area contributed by atoms with Crippen LogP contribution < -0.4 is 4.74 Å². The lowest BCUT2D eigenvalue weighted by Gasteiger charge is -2.09. The molecule has 0 aliphatic heterocycles. The van der Waals surface area contributed by atoms with Crippen molar-refractivity contribution in [1.29, 1.82) is 0 Å². The largest absolute Gasteiger partial charge is 0.489 e. The van der Waals surface area contributed by atoms with Gasteiger partial charge in [0, 0.05) is 14.1 Å². The van der Waals surface area contributed by atoms with Crippen LogP contribution in [-0.4, -0.2) is 36.0 Å². The molecule has 0 bridgehead atoms. The molecule has 1 aromatic heterocycles. The maximum absolute atomic E-state index is 11.5. The Kier molecular flexibility index (Phi) is 2.58. The van der Waals surface area contributed by atoms with Crippen molar-refractivity contribution in [2.24, 2.45) is 0 Å². The van der Waals surface area contributed by atoms with E-state index in [0.29, 0.717) is 11.8 Å². The van der Waals surface area contributed by atoms with Crippen LogP contribution in [0.4, 0.5) is 0 Å². The quantitative estimate of drug-likeness (QED) is 0.749. The summed E-state index contributed by atoms with van der Waals surface area (Å²) in [5.74, 6) is 0.653. The Labute approximate surface area is 88.9 Å². The van der Waals surface area contributed by atoms with Crippen LogP contribution in [0.1, 0.15) is 23.3 Å². The van der Waals surface area contributed by atoms with Gasteiger partial charge in [-0.15, -0.1) is 0 Å². The van der Waals surface area contributed by atoms with Crippen LogP contribution in [0.3, 0.4) is 0 Å². The molecule has 0 spiro atoms. The fourth-order valence-electron chi connectivity index (χ4n) is 1.18. The van der Waals surface area contributed by atoms with Crippen LogP contribution in [0.5, 0.6) is 5.75 Å². The lowest BCUT2D eigenvalue weighted by atomic mass is 10.3. The van der Waals surface area contributed by atoms with E-state index in [1.807, 2.05) is 0 Å². The lowest BCUT2D eigenvalue weighted by Crippen LogP contribution is -2.22. The normalized spacial score (nSPS) is 14.8. The standard InChI is InChI=1S/C11H14N2O2/c1-13(2)11(14)10-6-5-9(7-12-10)15-8-3-4-8/h5-8H,3-4H2,1-2H3. The van der Waals surface area contributed by atoms with Crippen LogP contribution in [-0.2, 0) is 0 Å². The fourth-order valence-corrected chi connectivity index (χ4v) is 1.18. The van der Waals surface area contributed by atoms with Gasteiger partial charge in [0.15, 0.2) is 0 Å². The zero-order valence-corrected chi connectivity index (χ0v) is 8.93. The molecule has 0 aromatic carbocycles.